The second-order valence-electron chi connectivity index (χ2n) is 7.27. The Bertz CT molecular complexity index is 1040. The van der Waals surface area contributed by atoms with Gasteiger partial charge in [-0.1, -0.05) is 60.7 Å². The topological polar surface area (TPSA) is 67.9 Å². The molecule has 2 amide bonds. The second kappa shape index (κ2) is 9.80. The maximum Gasteiger partial charge on any atom is 0.254 e. The van der Waals surface area contributed by atoms with Gasteiger partial charge in [-0.2, -0.15) is 0 Å². The van der Waals surface area contributed by atoms with Gasteiger partial charge in [-0.15, -0.1) is 0 Å². The molecule has 0 aromatic heterocycles. The van der Waals surface area contributed by atoms with Gasteiger partial charge in [0.1, 0.15) is 19.8 Å². The number of hydrogen-bond acceptors (Lipinski definition) is 4. The van der Waals surface area contributed by atoms with Crippen LogP contribution in [-0.2, 0) is 17.9 Å². The van der Waals surface area contributed by atoms with Gasteiger partial charge in [-0.3, -0.25) is 9.59 Å². The second-order valence-corrected chi connectivity index (χ2v) is 7.27. The zero-order chi connectivity index (χ0) is 21.5. The zero-order valence-electron chi connectivity index (χ0n) is 17.1. The molecule has 0 fully saturated rings. The zero-order valence-corrected chi connectivity index (χ0v) is 17.1. The molecule has 3 aromatic carbocycles. The maximum atomic E-state index is 13.3. The van der Waals surface area contributed by atoms with E-state index < -0.39 is 0 Å². The summed E-state index contributed by atoms with van der Waals surface area (Å²) in [6.07, 6.45) is 0. The van der Waals surface area contributed by atoms with E-state index in [0.717, 1.165) is 11.1 Å². The average molecular weight is 416 g/mol. The Morgan fingerprint density at radius 2 is 1.45 bits per heavy atom. The lowest BCUT2D eigenvalue weighted by Crippen LogP contribution is -2.40. The first-order valence-electron chi connectivity index (χ1n) is 10.2. The number of rotatable bonds is 7. The molecule has 6 heteroatoms. The van der Waals surface area contributed by atoms with Crippen LogP contribution < -0.4 is 14.8 Å². The minimum atomic E-state index is -0.240. The summed E-state index contributed by atoms with van der Waals surface area (Å²) in [5.41, 5.74) is 2.41. The quantitative estimate of drug-likeness (QED) is 0.641. The minimum absolute atomic E-state index is 0.0466. The van der Waals surface area contributed by atoms with E-state index in [-0.39, 0.29) is 18.4 Å². The highest BCUT2D eigenvalue weighted by Crippen LogP contribution is 2.31. The Labute approximate surface area is 181 Å². The first-order chi connectivity index (χ1) is 15.2. The molecule has 1 aliphatic rings. The predicted molar refractivity (Wildman–Crippen MR) is 117 cm³/mol. The van der Waals surface area contributed by atoms with Gasteiger partial charge in [0.05, 0.1) is 0 Å². The molecule has 0 unspecified atom stereocenters. The summed E-state index contributed by atoms with van der Waals surface area (Å²) in [6, 6.07) is 24.4. The van der Waals surface area contributed by atoms with E-state index in [2.05, 4.69) is 5.32 Å². The standard InChI is InChI=1S/C25H24N2O4/c28-24(26-16-19-7-3-1-4-8-19)18-27(17-20-9-5-2-6-10-20)25(29)21-11-12-22-23(15-21)31-14-13-30-22/h1-12,15H,13-14,16-18H2,(H,26,28). The summed E-state index contributed by atoms with van der Waals surface area (Å²) < 4.78 is 11.1. The maximum absolute atomic E-state index is 13.3. The number of hydrogen-bond donors (Lipinski definition) is 1. The van der Waals surface area contributed by atoms with Crippen molar-refractivity contribution in [3.05, 3.63) is 95.6 Å². The van der Waals surface area contributed by atoms with Crippen molar-refractivity contribution >= 4 is 11.8 Å². The van der Waals surface area contributed by atoms with Gasteiger partial charge in [0.2, 0.25) is 5.91 Å². The highest BCUT2D eigenvalue weighted by atomic mass is 16.6. The molecule has 1 aliphatic heterocycles. The summed E-state index contributed by atoms with van der Waals surface area (Å²) in [7, 11) is 0. The molecule has 1 heterocycles. The van der Waals surface area contributed by atoms with Crippen LogP contribution in [0.5, 0.6) is 11.5 Å². The molecule has 31 heavy (non-hydrogen) atoms. The number of nitrogens with one attached hydrogen (secondary N) is 1. The molecule has 0 bridgehead atoms. The Morgan fingerprint density at radius 3 is 2.16 bits per heavy atom. The SMILES string of the molecule is O=C(CN(Cc1ccccc1)C(=O)c1ccc2c(c1)OCCO2)NCc1ccccc1. The molecule has 6 nitrogen and oxygen atoms in total. The van der Waals surface area contributed by atoms with Crippen molar-refractivity contribution in [3.63, 3.8) is 0 Å². The van der Waals surface area contributed by atoms with Gasteiger partial charge >= 0.3 is 0 Å². The number of nitrogens with zero attached hydrogens (tertiary/aromatic N) is 1. The first kappa shape index (κ1) is 20.5. The third-order valence-electron chi connectivity index (χ3n) is 4.96. The van der Waals surface area contributed by atoms with Gasteiger partial charge in [-0.25, -0.2) is 0 Å². The van der Waals surface area contributed by atoms with Crippen LogP contribution in [0.25, 0.3) is 0 Å². The van der Waals surface area contributed by atoms with Crippen LogP contribution in [0.1, 0.15) is 21.5 Å². The number of fused-ring (bicyclic) bond motifs is 1. The molecule has 4 rings (SSSR count). The van der Waals surface area contributed by atoms with E-state index >= 15 is 0 Å². The minimum Gasteiger partial charge on any atom is -0.486 e. The summed E-state index contributed by atoms with van der Waals surface area (Å²) in [6.45, 7) is 1.63. The van der Waals surface area contributed by atoms with Crippen LogP contribution in [0.3, 0.4) is 0 Å². The highest BCUT2D eigenvalue weighted by molar-refractivity contribution is 5.97. The summed E-state index contributed by atoms with van der Waals surface area (Å²) in [5, 5.41) is 2.89. The lowest BCUT2D eigenvalue weighted by molar-refractivity contribution is -0.122. The lowest BCUT2D eigenvalue weighted by Gasteiger charge is -2.24. The van der Waals surface area contributed by atoms with Crippen molar-refractivity contribution in [3.8, 4) is 11.5 Å². The fourth-order valence-electron chi connectivity index (χ4n) is 3.39. The van der Waals surface area contributed by atoms with Crippen LogP contribution >= 0.6 is 0 Å². The fourth-order valence-corrected chi connectivity index (χ4v) is 3.39. The van der Waals surface area contributed by atoms with Gasteiger partial charge in [-0.05, 0) is 29.3 Å². The Balaban J connectivity index is 1.49. The summed E-state index contributed by atoms with van der Waals surface area (Å²) in [5.74, 6) is 0.713. The molecule has 0 saturated heterocycles. The number of carbonyl (C=O) groups is 2. The Hall–Kier alpha value is -3.80. The smallest absolute Gasteiger partial charge is 0.254 e. The monoisotopic (exact) mass is 416 g/mol. The molecule has 1 N–H and O–H groups in total. The van der Waals surface area contributed by atoms with Crippen LogP contribution in [-0.4, -0.2) is 36.5 Å². The van der Waals surface area contributed by atoms with Crippen LogP contribution in [0.2, 0.25) is 0 Å². The van der Waals surface area contributed by atoms with Crippen LogP contribution in [0.15, 0.2) is 78.9 Å². The Kier molecular flexibility index (Phi) is 6.47. The Morgan fingerprint density at radius 1 is 0.806 bits per heavy atom. The van der Waals surface area contributed by atoms with E-state index in [4.69, 9.17) is 9.47 Å². The van der Waals surface area contributed by atoms with Gasteiger partial charge < -0.3 is 19.7 Å². The fraction of sp³-hybridized carbons (Fsp3) is 0.200. The van der Waals surface area contributed by atoms with Gasteiger partial charge in [0, 0.05) is 18.7 Å². The number of benzene rings is 3. The first-order valence-corrected chi connectivity index (χ1v) is 10.2. The molecule has 0 radical (unpaired) electrons. The molecular weight excluding hydrogens is 392 g/mol. The summed E-state index contributed by atoms with van der Waals surface area (Å²) in [4.78, 5) is 27.5. The van der Waals surface area contributed by atoms with E-state index in [1.807, 2.05) is 60.7 Å². The number of ether oxygens (including phenoxy) is 2. The highest BCUT2D eigenvalue weighted by Gasteiger charge is 2.22. The number of amides is 2. The van der Waals surface area contributed by atoms with E-state index in [9.17, 15) is 9.59 Å². The molecule has 0 aliphatic carbocycles. The van der Waals surface area contributed by atoms with Gasteiger partial charge in [0.15, 0.2) is 11.5 Å². The lowest BCUT2D eigenvalue weighted by atomic mass is 10.1. The third-order valence-corrected chi connectivity index (χ3v) is 4.96. The van der Waals surface area contributed by atoms with Crippen molar-refractivity contribution in [2.45, 2.75) is 13.1 Å². The summed E-state index contributed by atoms with van der Waals surface area (Å²) >= 11 is 0. The van der Waals surface area contributed by atoms with Crippen molar-refractivity contribution < 1.29 is 19.1 Å². The van der Waals surface area contributed by atoms with Crippen LogP contribution in [0.4, 0.5) is 0 Å². The van der Waals surface area contributed by atoms with Gasteiger partial charge in [0.25, 0.3) is 5.91 Å². The van der Waals surface area contributed by atoms with E-state index in [1.165, 1.54) is 0 Å². The van der Waals surface area contributed by atoms with E-state index in [1.54, 1.807) is 23.1 Å². The average Bonchev–Trinajstić information content (AvgIpc) is 2.83. The third kappa shape index (κ3) is 5.42. The molecule has 0 spiro atoms. The molecule has 3 aromatic rings. The molecule has 0 atom stereocenters. The van der Waals surface area contributed by atoms with Crippen molar-refractivity contribution in [2.75, 3.05) is 19.8 Å². The molecule has 158 valence electrons. The van der Waals surface area contributed by atoms with Crippen LogP contribution in [0, 0.1) is 0 Å². The molecule has 0 saturated carbocycles. The van der Waals surface area contributed by atoms with E-state index in [0.29, 0.717) is 43.4 Å². The largest absolute Gasteiger partial charge is 0.486 e. The van der Waals surface area contributed by atoms with Crippen molar-refractivity contribution in [1.29, 1.82) is 0 Å². The normalized spacial score (nSPS) is 12.1. The molecular formula is C25H24N2O4. The number of carbonyl (C=O) groups excluding carboxylic acids is 2. The predicted octanol–water partition coefficient (Wildman–Crippen LogP) is 3.42. The van der Waals surface area contributed by atoms with Crippen molar-refractivity contribution in [1.82, 2.24) is 10.2 Å². The van der Waals surface area contributed by atoms with Crippen molar-refractivity contribution in [2.24, 2.45) is 0 Å².